The summed E-state index contributed by atoms with van der Waals surface area (Å²) in [7, 11) is 1.46. The van der Waals surface area contributed by atoms with Gasteiger partial charge in [0.05, 0.1) is 17.8 Å². The number of hydrogen-bond acceptors (Lipinski definition) is 4. The third kappa shape index (κ3) is 2.86. The lowest BCUT2D eigenvalue weighted by molar-refractivity contribution is 0.371. The minimum atomic E-state index is -0.127. The summed E-state index contributed by atoms with van der Waals surface area (Å²) in [6, 6.07) is 3.13. The number of methoxy groups -OCH3 is 1. The lowest BCUT2D eigenvalue weighted by Gasteiger charge is -2.07. The second kappa shape index (κ2) is 5.36. The van der Waals surface area contributed by atoms with Crippen LogP contribution in [-0.2, 0) is 0 Å². The van der Waals surface area contributed by atoms with Crippen LogP contribution in [-0.4, -0.2) is 24.4 Å². The van der Waals surface area contributed by atoms with Crippen LogP contribution in [0.3, 0.4) is 0 Å². The van der Waals surface area contributed by atoms with Crippen molar-refractivity contribution in [3.8, 4) is 11.5 Å². The molecule has 0 aliphatic carbocycles. The fourth-order valence-electron chi connectivity index (χ4n) is 1.01. The van der Waals surface area contributed by atoms with E-state index in [2.05, 4.69) is 26.1 Å². The maximum absolute atomic E-state index is 9.46. The van der Waals surface area contributed by atoms with Gasteiger partial charge in [-0.05, 0) is 28.1 Å². The Morgan fingerprint density at radius 2 is 2.19 bits per heavy atom. The zero-order valence-corrected chi connectivity index (χ0v) is 10.1. The van der Waals surface area contributed by atoms with Crippen molar-refractivity contribution in [1.82, 2.24) is 0 Å². The van der Waals surface area contributed by atoms with Crippen molar-refractivity contribution in [2.45, 2.75) is 0 Å². The van der Waals surface area contributed by atoms with Crippen molar-refractivity contribution in [1.29, 1.82) is 0 Å². The van der Waals surface area contributed by atoms with E-state index in [4.69, 9.17) is 16.2 Å². The van der Waals surface area contributed by atoms with Crippen LogP contribution in [0.4, 0.5) is 0 Å². The number of phenols is 1. The highest BCUT2D eigenvalue weighted by molar-refractivity contribution is 9.10. The van der Waals surface area contributed by atoms with Crippen molar-refractivity contribution in [2.24, 2.45) is 21.7 Å². The van der Waals surface area contributed by atoms with Crippen LogP contribution in [0, 0.1) is 0 Å². The van der Waals surface area contributed by atoms with E-state index in [0.717, 1.165) is 0 Å². The molecule has 1 aromatic rings. The number of hydrogen-bond donors (Lipinski definition) is 3. The first-order valence-electron chi connectivity index (χ1n) is 4.23. The number of benzene rings is 1. The van der Waals surface area contributed by atoms with Crippen molar-refractivity contribution in [3.63, 3.8) is 0 Å². The van der Waals surface area contributed by atoms with Crippen LogP contribution >= 0.6 is 15.9 Å². The van der Waals surface area contributed by atoms with Gasteiger partial charge in [0.2, 0.25) is 5.96 Å². The van der Waals surface area contributed by atoms with Crippen LogP contribution in [0.2, 0.25) is 0 Å². The first-order chi connectivity index (χ1) is 7.56. The first kappa shape index (κ1) is 12.3. The molecule has 0 amide bonds. The van der Waals surface area contributed by atoms with Crippen LogP contribution in [0.15, 0.2) is 26.8 Å². The van der Waals surface area contributed by atoms with Crippen LogP contribution in [0.5, 0.6) is 11.5 Å². The third-order valence-electron chi connectivity index (χ3n) is 1.68. The Kier molecular flexibility index (Phi) is 4.12. The molecule has 0 aromatic heterocycles. The molecule has 0 saturated heterocycles. The Morgan fingerprint density at radius 1 is 1.50 bits per heavy atom. The molecule has 0 fully saturated rings. The minimum absolute atomic E-state index is 0.0355. The SMILES string of the molecule is COc1c(O)ccc(C=NN=C(N)N)c1Br. The van der Waals surface area contributed by atoms with E-state index in [0.29, 0.717) is 15.8 Å². The summed E-state index contributed by atoms with van der Waals surface area (Å²) in [5, 5.41) is 16.6. The largest absolute Gasteiger partial charge is 0.504 e. The maximum Gasteiger partial charge on any atom is 0.211 e. The molecule has 0 aliphatic heterocycles. The van der Waals surface area contributed by atoms with E-state index in [1.54, 1.807) is 6.07 Å². The molecule has 1 aromatic carbocycles. The zero-order valence-electron chi connectivity index (χ0n) is 8.51. The number of halogens is 1. The molecule has 0 bridgehead atoms. The molecule has 7 heteroatoms. The van der Waals surface area contributed by atoms with E-state index in [1.165, 1.54) is 19.4 Å². The molecule has 0 spiro atoms. The molecular weight excluding hydrogens is 276 g/mol. The molecule has 0 heterocycles. The van der Waals surface area contributed by atoms with Gasteiger partial charge < -0.3 is 21.3 Å². The number of aromatic hydroxyl groups is 1. The van der Waals surface area contributed by atoms with E-state index < -0.39 is 0 Å². The van der Waals surface area contributed by atoms with E-state index >= 15 is 0 Å². The van der Waals surface area contributed by atoms with Gasteiger partial charge in [0.25, 0.3) is 0 Å². The Balaban J connectivity index is 3.07. The van der Waals surface area contributed by atoms with Gasteiger partial charge in [-0.3, -0.25) is 0 Å². The van der Waals surface area contributed by atoms with Crippen molar-refractivity contribution in [3.05, 3.63) is 22.2 Å². The number of ether oxygens (including phenoxy) is 1. The molecule has 16 heavy (non-hydrogen) atoms. The molecule has 5 N–H and O–H groups in total. The summed E-state index contributed by atoms with van der Waals surface area (Å²) in [5.41, 5.74) is 10.9. The van der Waals surface area contributed by atoms with E-state index in [1.807, 2.05) is 0 Å². The standard InChI is InChI=1S/C9H11BrN4O2/c1-16-8-6(15)3-2-5(7(8)10)4-13-14-9(11)12/h2-4,15H,1H3,(H4,11,12,14). The third-order valence-corrected chi connectivity index (χ3v) is 2.50. The van der Waals surface area contributed by atoms with Crippen molar-refractivity contribution < 1.29 is 9.84 Å². The van der Waals surface area contributed by atoms with Crippen LogP contribution < -0.4 is 16.2 Å². The molecule has 0 unspecified atom stereocenters. The summed E-state index contributed by atoms with van der Waals surface area (Å²) in [4.78, 5) is 0. The predicted octanol–water partition coefficient (Wildman–Crippen LogP) is 0.771. The first-order valence-corrected chi connectivity index (χ1v) is 5.03. The van der Waals surface area contributed by atoms with Gasteiger partial charge in [-0.25, -0.2) is 0 Å². The molecule has 0 radical (unpaired) electrons. The predicted molar refractivity (Wildman–Crippen MR) is 65.8 cm³/mol. The van der Waals surface area contributed by atoms with Gasteiger partial charge in [-0.15, -0.1) is 5.10 Å². The molecule has 0 saturated carbocycles. The smallest absolute Gasteiger partial charge is 0.211 e. The highest BCUT2D eigenvalue weighted by atomic mass is 79.9. The summed E-state index contributed by atoms with van der Waals surface area (Å²) in [5.74, 6) is 0.236. The number of nitrogens with zero attached hydrogens (tertiary/aromatic N) is 2. The summed E-state index contributed by atoms with van der Waals surface area (Å²) < 4.78 is 5.57. The topological polar surface area (TPSA) is 106 Å². The van der Waals surface area contributed by atoms with Gasteiger partial charge in [0, 0.05) is 5.56 Å². The molecule has 0 aliphatic rings. The van der Waals surface area contributed by atoms with Crippen molar-refractivity contribution >= 4 is 28.1 Å². The quantitative estimate of drug-likeness (QED) is 0.433. The zero-order chi connectivity index (χ0) is 12.1. The number of rotatable bonds is 3. The van der Waals surface area contributed by atoms with E-state index in [9.17, 15) is 5.11 Å². The molecule has 0 atom stereocenters. The summed E-state index contributed by atoms with van der Waals surface area (Å²) in [6.07, 6.45) is 1.44. The van der Waals surface area contributed by atoms with Crippen molar-refractivity contribution in [2.75, 3.05) is 7.11 Å². The summed E-state index contributed by atoms with van der Waals surface area (Å²) >= 11 is 3.27. The van der Waals surface area contributed by atoms with Gasteiger partial charge in [-0.2, -0.15) is 5.10 Å². The Labute approximate surface area is 101 Å². The van der Waals surface area contributed by atoms with Gasteiger partial charge in [-0.1, -0.05) is 0 Å². The van der Waals surface area contributed by atoms with Crippen LogP contribution in [0.1, 0.15) is 5.56 Å². The van der Waals surface area contributed by atoms with Crippen LogP contribution in [0.25, 0.3) is 0 Å². The average molecular weight is 287 g/mol. The molecular formula is C9H11BrN4O2. The molecule has 6 nitrogen and oxygen atoms in total. The maximum atomic E-state index is 9.46. The monoisotopic (exact) mass is 286 g/mol. The highest BCUT2D eigenvalue weighted by Gasteiger charge is 2.09. The highest BCUT2D eigenvalue weighted by Crippen LogP contribution is 2.35. The Morgan fingerprint density at radius 3 is 2.75 bits per heavy atom. The van der Waals surface area contributed by atoms with Gasteiger partial charge in [0.15, 0.2) is 11.5 Å². The van der Waals surface area contributed by atoms with E-state index in [-0.39, 0.29) is 11.7 Å². The fraction of sp³-hybridized carbons (Fsp3) is 0.111. The summed E-state index contributed by atoms with van der Waals surface area (Å²) in [6.45, 7) is 0. The lowest BCUT2D eigenvalue weighted by atomic mass is 10.2. The second-order valence-electron chi connectivity index (χ2n) is 2.79. The van der Waals surface area contributed by atoms with Gasteiger partial charge in [0.1, 0.15) is 0 Å². The number of phenolic OH excluding ortho intramolecular Hbond substituents is 1. The molecule has 86 valence electrons. The fourth-order valence-corrected chi connectivity index (χ4v) is 1.61. The number of guanidine groups is 1. The Hall–Kier alpha value is -1.76. The lowest BCUT2D eigenvalue weighted by Crippen LogP contribution is -2.21. The normalized spacial score (nSPS) is 10.4. The number of nitrogens with two attached hydrogens (primary N) is 2. The molecule has 1 rings (SSSR count). The van der Waals surface area contributed by atoms with Gasteiger partial charge >= 0.3 is 0 Å². The minimum Gasteiger partial charge on any atom is -0.504 e. The second-order valence-corrected chi connectivity index (χ2v) is 3.58. The Bertz CT molecular complexity index is 441. The average Bonchev–Trinajstić information content (AvgIpc) is 2.22.